The molecular weight excluding hydrogens is 310 g/mol. The van der Waals surface area contributed by atoms with Gasteiger partial charge in [0.25, 0.3) is 0 Å². The molecule has 8 heteroatoms. The van der Waals surface area contributed by atoms with E-state index in [-0.39, 0.29) is 5.76 Å². The molecule has 0 radical (unpaired) electrons. The number of nitrogens with one attached hydrogen (secondary N) is 1. The molecule has 0 aliphatic heterocycles. The van der Waals surface area contributed by atoms with E-state index in [1.807, 2.05) is 0 Å². The van der Waals surface area contributed by atoms with Crippen molar-refractivity contribution in [3.63, 3.8) is 0 Å². The molecule has 2 rings (SSSR count). The Balaban J connectivity index is 1.91. The number of thioether (sulfide) groups is 1. The molecule has 0 unspecified atom stereocenters. The number of esters is 1. The Morgan fingerprint density at radius 1 is 1.52 bits per heavy atom. The Labute approximate surface area is 131 Å². The number of furan rings is 1. The maximum Gasteiger partial charge on any atom is 0.374 e. The van der Waals surface area contributed by atoms with Crippen LogP contribution in [0.1, 0.15) is 30.0 Å². The van der Waals surface area contributed by atoms with Gasteiger partial charge in [-0.2, -0.15) is 0 Å². The van der Waals surface area contributed by atoms with E-state index in [1.54, 1.807) is 6.07 Å². The fraction of sp³-hybridized carbons (Fsp3) is 0.462. The number of nitrogens with zero attached hydrogens (tertiary/aromatic N) is 2. The van der Waals surface area contributed by atoms with Crippen LogP contribution in [0.4, 0.5) is 5.13 Å². The summed E-state index contributed by atoms with van der Waals surface area (Å²) in [5, 5.41) is 12.2. The Morgan fingerprint density at radius 3 is 3.05 bits per heavy atom. The fourth-order valence-electron chi connectivity index (χ4n) is 1.49. The Morgan fingerprint density at radius 2 is 2.33 bits per heavy atom. The maximum absolute atomic E-state index is 11.5. The van der Waals surface area contributed by atoms with Gasteiger partial charge in [-0.25, -0.2) is 4.79 Å². The largest absolute Gasteiger partial charge is 0.463 e. The molecule has 21 heavy (non-hydrogen) atoms. The van der Waals surface area contributed by atoms with E-state index >= 15 is 0 Å². The van der Waals surface area contributed by atoms with Crippen LogP contribution in [0.15, 0.2) is 21.1 Å². The average Bonchev–Trinajstić information content (AvgIpc) is 3.11. The van der Waals surface area contributed by atoms with Gasteiger partial charge in [0, 0.05) is 17.9 Å². The number of hydrogen-bond donors (Lipinski definition) is 1. The molecule has 0 fully saturated rings. The SMILES string of the molecule is COC(=O)c1occc1CSc1nnc(NCC(C)C)s1. The van der Waals surface area contributed by atoms with Crippen molar-refractivity contribution in [3.05, 3.63) is 23.7 Å². The van der Waals surface area contributed by atoms with Gasteiger partial charge in [0.05, 0.1) is 13.4 Å². The summed E-state index contributed by atoms with van der Waals surface area (Å²) in [5.41, 5.74) is 0.790. The normalized spacial score (nSPS) is 10.9. The first-order chi connectivity index (χ1) is 10.1. The minimum atomic E-state index is -0.466. The third-order valence-corrected chi connectivity index (χ3v) is 4.60. The van der Waals surface area contributed by atoms with Crippen LogP contribution in [-0.4, -0.2) is 29.8 Å². The number of rotatable bonds is 7. The molecule has 114 valence electrons. The monoisotopic (exact) mass is 327 g/mol. The number of hydrogen-bond acceptors (Lipinski definition) is 8. The second-order valence-corrected chi connectivity index (χ2v) is 6.90. The van der Waals surface area contributed by atoms with Gasteiger partial charge in [-0.3, -0.25) is 0 Å². The number of methoxy groups -OCH3 is 1. The highest BCUT2D eigenvalue weighted by molar-refractivity contribution is 8.00. The lowest BCUT2D eigenvalue weighted by Crippen LogP contribution is -2.07. The van der Waals surface area contributed by atoms with Crippen molar-refractivity contribution in [2.45, 2.75) is 23.9 Å². The average molecular weight is 327 g/mol. The van der Waals surface area contributed by atoms with Crippen LogP contribution in [0.5, 0.6) is 0 Å². The first-order valence-electron chi connectivity index (χ1n) is 6.45. The standard InChI is InChI=1S/C13H17N3O3S2/c1-8(2)6-14-12-15-16-13(21-12)20-7-9-4-5-19-10(9)11(17)18-3/h4-5,8H,6-7H2,1-3H3,(H,14,15). The molecule has 2 aromatic rings. The van der Waals surface area contributed by atoms with E-state index in [1.165, 1.54) is 36.5 Å². The summed E-state index contributed by atoms with van der Waals surface area (Å²) >= 11 is 3.01. The molecule has 0 saturated carbocycles. The number of anilines is 1. The third-order valence-electron chi connectivity index (χ3n) is 2.54. The lowest BCUT2D eigenvalue weighted by atomic mass is 10.2. The summed E-state index contributed by atoms with van der Waals surface area (Å²) in [6.07, 6.45) is 1.48. The predicted octanol–water partition coefficient (Wildman–Crippen LogP) is 3.28. The van der Waals surface area contributed by atoms with Crippen molar-refractivity contribution in [2.75, 3.05) is 19.0 Å². The highest BCUT2D eigenvalue weighted by Gasteiger charge is 2.16. The van der Waals surface area contributed by atoms with Crippen molar-refractivity contribution in [2.24, 2.45) is 5.92 Å². The first-order valence-corrected chi connectivity index (χ1v) is 8.25. The van der Waals surface area contributed by atoms with E-state index in [0.29, 0.717) is 11.7 Å². The summed E-state index contributed by atoms with van der Waals surface area (Å²) in [7, 11) is 1.33. The quantitative estimate of drug-likeness (QED) is 0.617. The van der Waals surface area contributed by atoms with E-state index in [9.17, 15) is 4.79 Å². The molecule has 2 heterocycles. The zero-order valence-corrected chi connectivity index (χ0v) is 13.7. The van der Waals surface area contributed by atoms with Crippen LogP contribution in [0.2, 0.25) is 0 Å². The van der Waals surface area contributed by atoms with Gasteiger partial charge in [0.15, 0.2) is 4.34 Å². The van der Waals surface area contributed by atoms with E-state index < -0.39 is 5.97 Å². The van der Waals surface area contributed by atoms with E-state index in [2.05, 4.69) is 34.1 Å². The number of carbonyl (C=O) groups is 1. The minimum Gasteiger partial charge on any atom is -0.463 e. The summed E-state index contributed by atoms with van der Waals surface area (Å²) in [4.78, 5) is 11.5. The maximum atomic E-state index is 11.5. The van der Waals surface area contributed by atoms with Crippen LogP contribution in [0.3, 0.4) is 0 Å². The van der Waals surface area contributed by atoms with Gasteiger partial charge >= 0.3 is 5.97 Å². The van der Waals surface area contributed by atoms with Crippen molar-refractivity contribution in [1.82, 2.24) is 10.2 Å². The number of ether oxygens (including phenoxy) is 1. The molecule has 0 saturated heterocycles. The fourth-order valence-corrected chi connectivity index (χ4v) is 3.23. The second-order valence-electron chi connectivity index (χ2n) is 4.70. The van der Waals surface area contributed by atoms with Crippen LogP contribution in [0.25, 0.3) is 0 Å². The molecule has 0 bridgehead atoms. The number of aromatic nitrogens is 2. The van der Waals surface area contributed by atoms with E-state index in [0.717, 1.165) is 21.6 Å². The minimum absolute atomic E-state index is 0.243. The van der Waals surface area contributed by atoms with Gasteiger partial charge < -0.3 is 14.5 Å². The van der Waals surface area contributed by atoms with Crippen molar-refractivity contribution >= 4 is 34.2 Å². The molecule has 6 nitrogen and oxygen atoms in total. The zero-order chi connectivity index (χ0) is 15.2. The van der Waals surface area contributed by atoms with Crippen LogP contribution in [-0.2, 0) is 10.5 Å². The molecule has 0 aliphatic carbocycles. The van der Waals surface area contributed by atoms with Gasteiger partial charge in [-0.1, -0.05) is 36.9 Å². The zero-order valence-electron chi connectivity index (χ0n) is 12.1. The van der Waals surface area contributed by atoms with Gasteiger partial charge in [-0.05, 0) is 12.0 Å². The summed E-state index contributed by atoms with van der Waals surface area (Å²) in [6.45, 7) is 5.14. The third kappa shape index (κ3) is 4.47. The van der Waals surface area contributed by atoms with Crippen molar-refractivity contribution < 1.29 is 13.9 Å². The van der Waals surface area contributed by atoms with Crippen LogP contribution < -0.4 is 5.32 Å². The Kier molecular flexibility index (Phi) is 5.63. The molecule has 2 aromatic heterocycles. The smallest absolute Gasteiger partial charge is 0.374 e. The molecule has 0 amide bonds. The highest BCUT2D eigenvalue weighted by Crippen LogP contribution is 2.29. The molecular formula is C13H17N3O3S2. The Bertz CT molecular complexity index is 595. The van der Waals surface area contributed by atoms with Gasteiger partial charge in [-0.15, -0.1) is 10.2 Å². The van der Waals surface area contributed by atoms with Crippen LogP contribution >= 0.6 is 23.1 Å². The second kappa shape index (κ2) is 7.46. The molecule has 0 aromatic carbocycles. The first kappa shape index (κ1) is 15.8. The number of carbonyl (C=O) groups excluding carboxylic acids is 1. The van der Waals surface area contributed by atoms with Crippen molar-refractivity contribution in [3.8, 4) is 0 Å². The summed E-state index contributed by atoms with van der Waals surface area (Å²) in [5.74, 6) is 0.915. The molecule has 0 atom stereocenters. The van der Waals surface area contributed by atoms with Gasteiger partial charge in [0.2, 0.25) is 10.9 Å². The lowest BCUT2D eigenvalue weighted by molar-refractivity contribution is 0.0564. The molecule has 0 aliphatic rings. The summed E-state index contributed by atoms with van der Waals surface area (Å²) in [6, 6.07) is 1.76. The Hall–Kier alpha value is -1.54. The molecule has 0 spiro atoms. The van der Waals surface area contributed by atoms with Crippen molar-refractivity contribution in [1.29, 1.82) is 0 Å². The van der Waals surface area contributed by atoms with Crippen LogP contribution in [0, 0.1) is 5.92 Å². The molecule has 1 N–H and O–H groups in total. The summed E-state index contributed by atoms with van der Waals surface area (Å²) < 4.78 is 10.7. The van der Waals surface area contributed by atoms with E-state index in [4.69, 9.17) is 4.42 Å². The predicted molar refractivity (Wildman–Crippen MR) is 82.8 cm³/mol. The lowest BCUT2D eigenvalue weighted by Gasteiger charge is -2.03. The van der Waals surface area contributed by atoms with Gasteiger partial charge in [0.1, 0.15) is 0 Å². The topological polar surface area (TPSA) is 77.2 Å². The highest BCUT2D eigenvalue weighted by atomic mass is 32.2.